The predicted molar refractivity (Wildman–Crippen MR) is 70.4 cm³/mol. The van der Waals surface area contributed by atoms with Crippen molar-refractivity contribution in [2.24, 2.45) is 10.9 Å². The Balaban J connectivity index is 4.84. The first-order valence-electron chi connectivity index (χ1n) is 6.38. The van der Waals surface area contributed by atoms with Gasteiger partial charge in [0.15, 0.2) is 5.84 Å². The standard InChI is InChI=1S/C12H27N3O2/c1-5-10(6-2)15(8-9-17-4)11(7-3)12(13)14-16/h10-11,16H,5-9H2,1-4H3,(H2,13,14). The molecule has 3 N–H and O–H groups in total. The van der Waals surface area contributed by atoms with Gasteiger partial charge in [-0.1, -0.05) is 25.9 Å². The molecule has 17 heavy (non-hydrogen) atoms. The van der Waals surface area contributed by atoms with Crippen LogP contribution in [0.2, 0.25) is 0 Å². The van der Waals surface area contributed by atoms with Gasteiger partial charge in [0.1, 0.15) is 0 Å². The highest BCUT2D eigenvalue weighted by Crippen LogP contribution is 2.15. The van der Waals surface area contributed by atoms with Gasteiger partial charge in [0.05, 0.1) is 12.6 Å². The summed E-state index contributed by atoms with van der Waals surface area (Å²) in [7, 11) is 1.69. The third-order valence-electron chi connectivity index (χ3n) is 3.21. The van der Waals surface area contributed by atoms with Gasteiger partial charge in [0.2, 0.25) is 0 Å². The second-order valence-corrected chi connectivity index (χ2v) is 4.15. The third-order valence-corrected chi connectivity index (χ3v) is 3.21. The summed E-state index contributed by atoms with van der Waals surface area (Å²) in [5.74, 6) is 0.288. The molecule has 0 aromatic rings. The van der Waals surface area contributed by atoms with Crippen molar-refractivity contribution in [3.05, 3.63) is 0 Å². The van der Waals surface area contributed by atoms with Crippen LogP contribution < -0.4 is 5.73 Å². The average molecular weight is 245 g/mol. The Morgan fingerprint density at radius 2 is 1.88 bits per heavy atom. The van der Waals surface area contributed by atoms with Crippen molar-refractivity contribution in [1.29, 1.82) is 0 Å². The number of amidine groups is 1. The van der Waals surface area contributed by atoms with Crippen LogP contribution in [0.15, 0.2) is 5.16 Å². The smallest absolute Gasteiger partial charge is 0.156 e. The van der Waals surface area contributed by atoms with Crippen molar-refractivity contribution >= 4 is 5.84 Å². The highest BCUT2D eigenvalue weighted by molar-refractivity contribution is 5.85. The van der Waals surface area contributed by atoms with E-state index < -0.39 is 0 Å². The number of nitrogens with two attached hydrogens (primary N) is 1. The zero-order valence-corrected chi connectivity index (χ0v) is 11.5. The molecule has 0 rings (SSSR count). The molecule has 0 amide bonds. The van der Waals surface area contributed by atoms with Gasteiger partial charge in [-0.05, 0) is 19.3 Å². The second kappa shape index (κ2) is 9.24. The van der Waals surface area contributed by atoms with E-state index >= 15 is 0 Å². The molecule has 0 saturated heterocycles. The summed E-state index contributed by atoms with van der Waals surface area (Å²) in [5.41, 5.74) is 5.77. The van der Waals surface area contributed by atoms with E-state index in [1.54, 1.807) is 7.11 Å². The molecule has 0 spiro atoms. The highest BCUT2D eigenvalue weighted by atomic mass is 16.5. The molecular formula is C12H27N3O2. The summed E-state index contributed by atoms with van der Waals surface area (Å²) in [6.45, 7) is 7.83. The number of nitrogens with zero attached hydrogens (tertiary/aromatic N) is 2. The summed E-state index contributed by atoms with van der Waals surface area (Å²) in [6.07, 6.45) is 2.93. The monoisotopic (exact) mass is 245 g/mol. The SMILES string of the molecule is CCC(CC)N(CCOC)C(CC)C(N)=NO. The quantitative estimate of drug-likeness (QED) is 0.280. The van der Waals surface area contributed by atoms with Crippen LogP contribution in [0.25, 0.3) is 0 Å². The van der Waals surface area contributed by atoms with Crippen LogP contribution in [0, 0.1) is 0 Å². The Labute approximate surface area is 105 Å². The fourth-order valence-corrected chi connectivity index (χ4v) is 2.23. The highest BCUT2D eigenvalue weighted by Gasteiger charge is 2.25. The maximum absolute atomic E-state index is 8.84. The Morgan fingerprint density at radius 1 is 1.29 bits per heavy atom. The van der Waals surface area contributed by atoms with Crippen LogP contribution in [0.3, 0.4) is 0 Å². The van der Waals surface area contributed by atoms with Gasteiger partial charge in [-0.3, -0.25) is 4.90 Å². The maximum atomic E-state index is 8.84. The topological polar surface area (TPSA) is 71.1 Å². The first-order chi connectivity index (χ1) is 8.15. The molecule has 0 radical (unpaired) electrons. The Kier molecular flexibility index (Phi) is 8.80. The van der Waals surface area contributed by atoms with E-state index in [-0.39, 0.29) is 11.9 Å². The summed E-state index contributed by atoms with van der Waals surface area (Å²) >= 11 is 0. The van der Waals surface area contributed by atoms with Crippen LogP contribution in [0.4, 0.5) is 0 Å². The molecule has 1 atom stereocenters. The largest absolute Gasteiger partial charge is 0.409 e. The number of rotatable bonds is 9. The van der Waals surface area contributed by atoms with E-state index in [2.05, 4.69) is 23.9 Å². The fraction of sp³-hybridized carbons (Fsp3) is 0.917. The van der Waals surface area contributed by atoms with Crippen LogP contribution >= 0.6 is 0 Å². The Hall–Kier alpha value is -0.810. The zero-order valence-electron chi connectivity index (χ0n) is 11.5. The minimum absolute atomic E-state index is 0.0138. The molecule has 1 unspecified atom stereocenters. The van der Waals surface area contributed by atoms with Crippen molar-refractivity contribution in [3.8, 4) is 0 Å². The van der Waals surface area contributed by atoms with E-state index in [1.807, 2.05) is 6.92 Å². The Morgan fingerprint density at radius 3 is 2.24 bits per heavy atom. The molecule has 0 saturated carbocycles. The van der Waals surface area contributed by atoms with Crippen LogP contribution in [-0.4, -0.2) is 48.3 Å². The van der Waals surface area contributed by atoms with Gasteiger partial charge in [0.25, 0.3) is 0 Å². The molecule has 0 fully saturated rings. The maximum Gasteiger partial charge on any atom is 0.156 e. The molecule has 0 aromatic heterocycles. The van der Waals surface area contributed by atoms with Crippen molar-refractivity contribution < 1.29 is 9.94 Å². The summed E-state index contributed by atoms with van der Waals surface area (Å²) in [4.78, 5) is 2.28. The molecular weight excluding hydrogens is 218 g/mol. The second-order valence-electron chi connectivity index (χ2n) is 4.15. The molecule has 0 aliphatic carbocycles. The predicted octanol–water partition coefficient (Wildman–Crippen LogP) is 1.65. The van der Waals surface area contributed by atoms with Crippen molar-refractivity contribution in [3.63, 3.8) is 0 Å². The minimum atomic E-state index is -0.0138. The number of hydrogen-bond donors (Lipinski definition) is 2. The average Bonchev–Trinajstić information content (AvgIpc) is 2.36. The summed E-state index contributed by atoms with van der Waals surface area (Å²) in [6, 6.07) is 0.426. The third kappa shape index (κ3) is 4.91. The van der Waals surface area contributed by atoms with E-state index in [0.717, 1.165) is 25.8 Å². The molecule has 102 valence electrons. The van der Waals surface area contributed by atoms with E-state index in [9.17, 15) is 0 Å². The Bertz CT molecular complexity index is 218. The van der Waals surface area contributed by atoms with Crippen molar-refractivity contribution in [2.45, 2.75) is 52.1 Å². The van der Waals surface area contributed by atoms with E-state index in [0.29, 0.717) is 12.6 Å². The van der Waals surface area contributed by atoms with Gasteiger partial charge in [-0.15, -0.1) is 0 Å². The van der Waals surface area contributed by atoms with E-state index in [1.165, 1.54) is 0 Å². The van der Waals surface area contributed by atoms with Gasteiger partial charge in [-0.2, -0.15) is 0 Å². The first kappa shape index (κ1) is 16.2. The van der Waals surface area contributed by atoms with Crippen molar-refractivity contribution in [2.75, 3.05) is 20.3 Å². The van der Waals surface area contributed by atoms with Crippen LogP contribution in [0.1, 0.15) is 40.0 Å². The minimum Gasteiger partial charge on any atom is -0.409 e. The van der Waals surface area contributed by atoms with Crippen LogP contribution in [0.5, 0.6) is 0 Å². The molecule has 0 heterocycles. The van der Waals surface area contributed by atoms with E-state index in [4.69, 9.17) is 15.7 Å². The van der Waals surface area contributed by atoms with Gasteiger partial charge < -0.3 is 15.7 Å². The number of methoxy groups -OCH3 is 1. The molecule has 0 aliphatic heterocycles. The van der Waals surface area contributed by atoms with Crippen LogP contribution in [-0.2, 0) is 4.74 Å². The lowest BCUT2D eigenvalue weighted by Gasteiger charge is -2.36. The molecule has 0 bridgehead atoms. The van der Waals surface area contributed by atoms with Crippen molar-refractivity contribution in [1.82, 2.24) is 4.90 Å². The number of hydrogen-bond acceptors (Lipinski definition) is 4. The zero-order chi connectivity index (χ0) is 13.3. The lowest BCUT2D eigenvalue weighted by atomic mass is 10.0. The van der Waals surface area contributed by atoms with Gasteiger partial charge >= 0.3 is 0 Å². The number of oxime groups is 1. The fourth-order valence-electron chi connectivity index (χ4n) is 2.23. The van der Waals surface area contributed by atoms with Gasteiger partial charge in [-0.25, -0.2) is 0 Å². The first-order valence-corrected chi connectivity index (χ1v) is 6.38. The lowest BCUT2D eigenvalue weighted by molar-refractivity contribution is 0.0977. The van der Waals surface area contributed by atoms with Gasteiger partial charge in [0, 0.05) is 19.7 Å². The summed E-state index contributed by atoms with van der Waals surface area (Å²) in [5, 5.41) is 12.0. The normalized spacial score (nSPS) is 14.6. The molecule has 5 nitrogen and oxygen atoms in total. The number of ether oxygens (including phenoxy) is 1. The molecule has 0 aromatic carbocycles. The molecule has 5 heteroatoms. The lowest BCUT2D eigenvalue weighted by Crippen LogP contribution is -2.50. The molecule has 0 aliphatic rings. The summed E-state index contributed by atoms with van der Waals surface area (Å²) < 4.78 is 5.13.